The number of nitrogens with zero attached hydrogens (tertiary/aromatic N) is 3. The molecule has 4 atom stereocenters. The maximum absolute atomic E-state index is 13.4. The minimum Gasteiger partial charge on any atom is -0.342 e. The van der Waals surface area contributed by atoms with Crippen LogP contribution in [0.3, 0.4) is 0 Å². The number of amides is 4. The lowest BCUT2D eigenvalue weighted by molar-refractivity contribution is -0.155. The third kappa shape index (κ3) is 2.13. The summed E-state index contributed by atoms with van der Waals surface area (Å²) in [5.74, 6) is -2.74. The van der Waals surface area contributed by atoms with Crippen LogP contribution in [0.15, 0.2) is 28.7 Å². The van der Waals surface area contributed by atoms with Gasteiger partial charge in [0.2, 0.25) is 17.7 Å². The third-order valence-corrected chi connectivity index (χ3v) is 6.82. The summed E-state index contributed by atoms with van der Waals surface area (Å²) in [6, 6.07) is 6.38. The molecule has 3 unspecified atom stereocenters. The Morgan fingerprint density at radius 1 is 1.15 bits per heavy atom. The van der Waals surface area contributed by atoms with E-state index in [2.05, 4.69) is 15.9 Å². The van der Waals surface area contributed by atoms with Crippen molar-refractivity contribution in [2.45, 2.75) is 24.9 Å². The highest BCUT2D eigenvalue weighted by Crippen LogP contribution is 2.53. The first-order chi connectivity index (χ1) is 12.8. The molecule has 0 N–H and O–H groups in total. The molecular weight excluding hydrogens is 414 g/mol. The van der Waals surface area contributed by atoms with E-state index >= 15 is 0 Å². The van der Waals surface area contributed by atoms with Gasteiger partial charge in [-0.05, 0) is 30.7 Å². The van der Waals surface area contributed by atoms with Gasteiger partial charge in [0.25, 0.3) is 5.91 Å². The van der Waals surface area contributed by atoms with Crippen molar-refractivity contribution in [3.05, 3.63) is 34.3 Å². The Bertz CT molecular complexity index is 870. The number of imide groups is 1. The van der Waals surface area contributed by atoms with Gasteiger partial charge < -0.3 is 9.80 Å². The number of carbonyl (C=O) groups is 4. The number of hydrogen-bond donors (Lipinski definition) is 0. The molecule has 8 heteroatoms. The molecule has 3 aliphatic rings. The highest BCUT2D eigenvalue weighted by atomic mass is 79.9. The second kappa shape index (κ2) is 5.89. The normalized spacial score (nSPS) is 32.4. The average Bonchev–Trinajstić information content (AvgIpc) is 3.03. The number of hydrogen-bond acceptors (Lipinski definition) is 4. The summed E-state index contributed by atoms with van der Waals surface area (Å²) in [6.45, 7) is 2.05. The lowest BCUT2D eigenvalue weighted by Gasteiger charge is -2.48. The third-order valence-electron chi connectivity index (χ3n) is 6.29. The molecule has 0 saturated carbocycles. The van der Waals surface area contributed by atoms with E-state index in [4.69, 9.17) is 0 Å². The van der Waals surface area contributed by atoms with Crippen LogP contribution in [0.2, 0.25) is 0 Å². The van der Waals surface area contributed by atoms with Gasteiger partial charge in [-0.15, -0.1) is 0 Å². The molecule has 1 aromatic carbocycles. The van der Waals surface area contributed by atoms with Crippen molar-refractivity contribution in [1.82, 2.24) is 14.7 Å². The van der Waals surface area contributed by atoms with Gasteiger partial charge in [0, 0.05) is 30.7 Å². The molecule has 4 amide bonds. The zero-order valence-corrected chi connectivity index (χ0v) is 16.9. The maximum atomic E-state index is 13.4. The summed E-state index contributed by atoms with van der Waals surface area (Å²) in [5.41, 5.74) is -0.879. The van der Waals surface area contributed by atoms with Gasteiger partial charge in [0.05, 0.1) is 17.9 Å². The molecule has 3 fully saturated rings. The standard InChI is InChI=1S/C19H20BrN3O4/c1-4-19-14-13(16(25)22(3)17(14)26)12(9-21(2)18(19)27)23(19)15(24)10-5-7-11(20)8-6-10/h5-8,12-14H,4,9H2,1-3H3/t12?,13?,14?,19-/m1/s1. The van der Waals surface area contributed by atoms with Crippen LogP contribution in [-0.2, 0) is 14.4 Å². The molecule has 7 nitrogen and oxygen atoms in total. The zero-order chi connectivity index (χ0) is 19.7. The summed E-state index contributed by atoms with van der Waals surface area (Å²) >= 11 is 3.35. The van der Waals surface area contributed by atoms with Gasteiger partial charge in [-0.25, -0.2) is 0 Å². The highest BCUT2D eigenvalue weighted by molar-refractivity contribution is 9.10. The van der Waals surface area contributed by atoms with Crippen molar-refractivity contribution in [2.75, 3.05) is 20.6 Å². The fourth-order valence-corrected chi connectivity index (χ4v) is 5.33. The second-order valence-corrected chi connectivity index (χ2v) is 8.37. The number of halogens is 1. The zero-order valence-electron chi connectivity index (χ0n) is 15.3. The van der Waals surface area contributed by atoms with Crippen LogP contribution < -0.4 is 0 Å². The number of benzene rings is 1. The van der Waals surface area contributed by atoms with Gasteiger partial charge in [0.1, 0.15) is 5.54 Å². The van der Waals surface area contributed by atoms with Crippen LogP contribution >= 0.6 is 15.9 Å². The Kier molecular flexibility index (Phi) is 3.96. The fourth-order valence-electron chi connectivity index (χ4n) is 5.06. The molecule has 142 valence electrons. The summed E-state index contributed by atoms with van der Waals surface area (Å²) in [5, 5.41) is 0. The molecule has 2 bridgehead atoms. The molecule has 27 heavy (non-hydrogen) atoms. The van der Waals surface area contributed by atoms with E-state index in [0.717, 1.165) is 9.37 Å². The van der Waals surface area contributed by atoms with Crippen LogP contribution in [0.4, 0.5) is 0 Å². The number of fused-ring (bicyclic) bond motifs is 5. The Morgan fingerprint density at radius 2 is 1.78 bits per heavy atom. The van der Waals surface area contributed by atoms with E-state index in [1.54, 1.807) is 43.1 Å². The van der Waals surface area contributed by atoms with E-state index in [1.807, 2.05) is 0 Å². The van der Waals surface area contributed by atoms with Gasteiger partial charge in [-0.1, -0.05) is 22.9 Å². The topological polar surface area (TPSA) is 78.0 Å². The number of piperazine rings is 1. The van der Waals surface area contributed by atoms with Crippen molar-refractivity contribution in [3.63, 3.8) is 0 Å². The van der Waals surface area contributed by atoms with Crippen LogP contribution in [-0.4, -0.2) is 70.5 Å². The molecular formula is C19H20BrN3O4. The molecule has 3 saturated heterocycles. The molecule has 0 spiro atoms. The average molecular weight is 434 g/mol. The first-order valence-electron chi connectivity index (χ1n) is 8.92. The summed E-state index contributed by atoms with van der Waals surface area (Å²) < 4.78 is 0.838. The van der Waals surface area contributed by atoms with E-state index < -0.39 is 23.4 Å². The van der Waals surface area contributed by atoms with E-state index in [9.17, 15) is 19.2 Å². The van der Waals surface area contributed by atoms with Crippen LogP contribution in [0.25, 0.3) is 0 Å². The van der Waals surface area contributed by atoms with Gasteiger partial charge >= 0.3 is 0 Å². The molecule has 0 aromatic heterocycles. The summed E-state index contributed by atoms with van der Waals surface area (Å²) in [7, 11) is 3.12. The predicted octanol–water partition coefficient (Wildman–Crippen LogP) is 1.13. The quantitative estimate of drug-likeness (QED) is 0.654. The second-order valence-electron chi connectivity index (χ2n) is 7.45. The Balaban J connectivity index is 1.89. The first kappa shape index (κ1) is 18.2. The minimum atomic E-state index is -1.32. The monoisotopic (exact) mass is 433 g/mol. The summed E-state index contributed by atoms with van der Waals surface area (Å²) in [6.07, 6.45) is 0.281. The van der Waals surface area contributed by atoms with Crippen molar-refractivity contribution in [2.24, 2.45) is 11.8 Å². The lowest BCUT2D eigenvalue weighted by Crippen LogP contribution is -2.68. The van der Waals surface area contributed by atoms with Crippen molar-refractivity contribution >= 4 is 39.6 Å². The number of likely N-dealkylation sites (tertiary alicyclic amines) is 2. The first-order valence-corrected chi connectivity index (χ1v) is 9.71. The van der Waals surface area contributed by atoms with E-state index in [-0.39, 0.29) is 36.6 Å². The SMILES string of the molecule is CC[C@]12C(=O)N(C)CC(C3C(=O)N(C)C(=O)C31)N2C(=O)c1ccc(Br)cc1. The predicted molar refractivity (Wildman–Crippen MR) is 99.5 cm³/mol. The number of rotatable bonds is 2. The Morgan fingerprint density at radius 3 is 2.37 bits per heavy atom. The van der Waals surface area contributed by atoms with Crippen molar-refractivity contribution in [3.8, 4) is 0 Å². The van der Waals surface area contributed by atoms with E-state index in [0.29, 0.717) is 5.56 Å². The van der Waals surface area contributed by atoms with Gasteiger partial charge in [0.15, 0.2) is 0 Å². The van der Waals surface area contributed by atoms with Gasteiger partial charge in [-0.3, -0.25) is 24.1 Å². The van der Waals surface area contributed by atoms with E-state index in [1.165, 1.54) is 11.9 Å². The van der Waals surface area contributed by atoms with Crippen molar-refractivity contribution in [1.29, 1.82) is 0 Å². The van der Waals surface area contributed by atoms with Crippen LogP contribution in [0.5, 0.6) is 0 Å². The Hall–Kier alpha value is -2.22. The minimum absolute atomic E-state index is 0.247. The largest absolute Gasteiger partial charge is 0.342 e. The molecule has 3 heterocycles. The summed E-state index contributed by atoms with van der Waals surface area (Å²) in [4.78, 5) is 56.6. The lowest BCUT2D eigenvalue weighted by atomic mass is 9.78. The van der Waals surface area contributed by atoms with Crippen LogP contribution in [0.1, 0.15) is 23.7 Å². The molecule has 0 aliphatic carbocycles. The smallest absolute Gasteiger partial charge is 0.255 e. The maximum Gasteiger partial charge on any atom is 0.255 e. The molecule has 3 aliphatic heterocycles. The fraction of sp³-hybridized carbons (Fsp3) is 0.474. The van der Waals surface area contributed by atoms with Gasteiger partial charge in [-0.2, -0.15) is 0 Å². The molecule has 4 rings (SSSR count). The van der Waals surface area contributed by atoms with Crippen molar-refractivity contribution < 1.29 is 19.2 Å². The molecule has 0 radical (unpaired) electrons. The Labute approximate surface area is 165 Å². The number of likely N-dealkylation sites (N-methyl/N-ethyl adjacent to an activating group) is 1. The number of carbonyl (C=O) groups excluding carboxylic acids is 4. The van der Waals surface area contributed by atoms with Crippen LogP contribution in [0, 0.1) is 11.8 Å². The molecule has 1 aromatic rings. The highest BCUT2D eigenvalue weighted by Gasteiger charge is 2.74.